The number of hydrogen-bond donors (Lipinski definition) is 2. The molecule has 0 saturated heterocycles. The number of ether oxygens (including phenoxy) is 1. The summed E-state index contributed by atoms with van der Waals surface area (Å²) in [6, 6.07) is 0. The van der Waals surface area contributed by atoms with Gasteiger partial charge < -0.3 is 9.72 Å². The molecule has 58 valence electrons. The highest BCUT2D eigenvalue weighted by molar-refractivity contribution is 5.88. The lowest BCUT2D eigenvalue weighted by atomic mass is 10.4. The van der Waals surface area contributed by atoms with Crippen molar-refractivity contribution >= 4 is 5.90 Å². The molecule has 0 bridgehead atoms. The summed E-state index contributed by atoms with van der Waals surface area (Å²) in [5.41, 5.74) is -0.422. The van der Waals surface area contributed by atoms with E-state index in [4.69, 9.17) is 5.41 Å². The van der Waals surface area contributed by atoms with Crippen LogP contribution < -0.4 is 5.56 Å². The molecule has 0 aromatic carbocycles. The van der Waals surface area contributed by atoms with Crippen molar-refractivity contribution in [3.63, 3.8) is 0 Å². The third kappa shape index (κ3) is 1.43. The minimum atomic E-state index is -0.417. The van der Waals surface area contributed by atoms with Crippen molar-refractivity contribution in [1.82, 2.24) is 9.97 Å². The summed E-state index contributed by atoms with van der Waals surface area (Å²) < 4.78 is 4.52. The predicted octanol–water partition coefficient (Wildman–Crippen LogP) is -0.258. The molecule has 5 heteroatoms. The predicted molar refractivity (Wildman–Crippen MR) is 38.7 cm³/mol. The van der Waals surface area contributed by atoms with E-state index in [0.717, 1.165) is 0 Å². The highest BCUT2D eigenvalue weighted by Crippen LogP contribution is 1.84. The summed E-state index contributed by atoms with van der Waals surface area (Å²) in [4.78, 5) is 16.9. The van der Waals surface area contributed by atoms with E-state index < -0.39 is 5.56 Å². The van der Waals surface area contributed by atoms with Crippen LogP contribution in [0.3, 0.4) is 0 Å². The maximum atomic E-state index is 10.9. The normalized spacial score (nSPS) is 9.18. The Morgan fingerprint density at radius 3 is 3.09 bits per heavy atom. The highest BCUT2D eigenvalue weighted by atomic mass is 16.5. The van der Waals surface area contributed by atoms with E-state index in [9.17, 15) is 4.79 Å². The summed E-state index contributed by atoms with van der Waals surface area (Å²) in [6.45, 7) is 0. The minimum absolute atomic E-state index is 0.00463. The molecule has 1 heterocycles. The van der Waals surface area contributed by atoms with Gasteiger partial charge in [-0.25, -0.2) is 4.98 Å². The maximum Gasteiger partial charge on any atom is 0.279 e. The fourth-order valence-electron chi connectivity index (χ4n) is 0.610. The van der Waals surface area contributed by atoms with Gasteiger partial charge in [-0.2, -0.15) is 0 Å². The van der Waals surface area contributed by atoms with Gasteiger partial charge >= 0.3 is 0 Å². The number of rotatable bonds is 1. The van der Waals surface area contributed by atoms with Gasteiger partial charge in [-0.3, -0.25) is 10.2 Å². The third-order valence-corrected chi connectivity index (χ3v) is 1.13. The fraction of sp³-hybridized carbons (Fsp3) is 0.167. The van der Waals surface area contributed by atoms with Gasteiger partial charge in [0.25, 0.3) is 5.56 Å². The molecule has 1 aromatic rings. The average Bonchev–Trinajstić information content (AvgIpc) is 2.04. The number of H-pyrrole nitrogens is 1. The number of hydrogen-bond acceptors (Lipinski definition) is 4. The first kappa shape index (κ1) is 7.46. The first-order valence-electron chi connectivity index (χ1n) is 2.92. The molecular weight excluding hydrogens is 146 g/mol. The maximum absolute atomic E-state index is 10.9. The monoisotopic (exact) mass is 153 g/mol. The van der Waals surface area contributed by atoms with Crippen LogP contribution in [-0.4, -0.2) is 23.0 Å². The lowest BCUT2D eigenvalue weighted by Crippen LogP contribution is -2.20. The first-order chi connectivity index (χ1) is 5.25. The molecule has 1 aromatic heterocycles. The smallest absolute Gasteiger partial charge is 0.279 e. The number of aromatic amines is 1. The number of nitrogens with zero attached hydrogens (tertiary/aromatic N) is 1. The number of aromatic nitrogens is 2. The summed E-state index contributed by atoms with van der Waals surface area (Å²) in [7, 11) is 1.32. The Morgan fingerprint density at radius 2 is 2.55 bits per heavy atom. The van der Waals surface area contributed by atoms with Crippen molar-refractivity contribution < 1.29 is 4.74 Å². The molecule has 0 spiro atoms. The zero-order valence-corrected chi connectivity index (χ0v) is 5.92. The van der Waals surface area contributed by atoms with E-state index in [1.54, 1.807) is 0 Å². The van der Waals surface area contributed by atoms with Crippen LogP contribution in [0.1, 0.15) is 5.69 Å². The summed E-state index contributed by atoms with van der Waals surface area (Å²) >= 11 is 0. The van der Waals surface area contributed by atoms with Crippen LogP contribution in [0.4, 0.5) is 0 Å². The van der Waals surface area contributed by atoms with E-state index >= 15 is 0 Å². The van der Waals surface area contributed by atoms with Gasteiger partial charge in [-0.05, 0) is 0 Å². The largest absolute Gasteiger partial charge is 0.480 e. The number of methoxy groups -OCH3 is 1. The van der Waals surface area contributed by atoms with Crippen LogP contribution in [0.25, 0.3) is 0 Å². The van der Waals surface area contributed by atoms with Gasteiger partial charge in [0.15, 0.2) is 5.69 Å². The zero-order valence-electron chi connectivity index (χ0n) is 5.92. The first-order valence-corrected chi connectivity index (χ1v) is 2.92. The Kier molecular flexibility index (Phi) is 2.00. The fourth-order valence-corrected chi connectivity index (χ4v) is 0.610. The second-order valence-electron chi connectivity index (χ2n) is 1.80. The van der Waals surface area contributed by atoms with E-state index in [2.05, 4.69) is 14.7 Å². The second-order valence-corrected chi connectivity index (χ2v) is 1.80. The Balaban J connectivity index is 3.14. The zero-order chi connectivity index (χ0) is 8.27. The van der Waals surface area contributed by atoms with Crippen LogP contribution in [0.5, 0.6) is 0 Å². The van der Waals surface area contributed by atoms with E-state index in [-0.39, 0.29) is 11.6 Å². The van der Waals surface area contributed by atoms with Crippen molar-refractivity contribution in [1.29, 1.82) is 5.41 Å². The summed E-state index contributed by atoms with van der Waals surface area (Å²) in [6.07, 6.45) is 2.79. The second kappa shape index (κ2) is 2.96. The molecule has 0 aliphatic heterocycles. The molecule has 2 N–H and O–H groups in total. The highest BCUT2D eigenvalue weighted by Gasteiger charge is 2.05. The Labute approximate surface area is 62.6 Å². The molecule has 0 fully saturated rings. The van der Waals surface area contributed by atoms with Gasteiger partial charge in [0.2, 0.25) is 5.90 Å². The van der Waals surface area contributed by atoms with E-state index in [0.29, 0.717) is 0 Å². The molecule has 5 nitrogen and oxygen atoms in total. The Hall–Kier alpha value is -1.65. The lowest BCUT2D eigenvalue weighted by molar-refractivity contribution is 0.399. The van der Waals surface area contributed by atoms with Crippen LogP contribution >= 0.6 is 0 Å². The quantitative estimate of drug-likeness (QED) is 0.431. The minimum Gasteiger partial charge on any atom is -0.480 e. The lowest BCUT2D eigenvalue weighted by Gasteiger charge is -1.97. The third-order valence-electron chi connectivity index (χ3n) is 1.13. The van der Waals surface area contributed by atoms with E-state index in [1.165, 1.54) is 19.5 Å². The van der Waals surface area contributed by atoms with Crippen molar-refractivity contribution in [3.05, 3.63) is 28.4 Å². The SMILES string of the molecule is COC(=N)c1ncc[nH]c1=O. The molecular formula is C6H7N3O2. The molecule has 0 saturated carbocycles. The molecule has 0 atom stereocenters. The van der Waals surface area contributed by atoms with Crippen LogP contribution in [0, 0.1) is 5.41 Å². The van der Waals surface area contributed by atoms with Crippen LogP contribution in [0.2, 0.25) is 0 Å². The Bertz CT molecular complexity index is 318. The van der Waals surface area contributed by atoms with Gasteiger partial charge in [0.05, 0.1) is 7.11 Å². The topological polar surface area (TPSA) is 78.8 Å². The average molecular weight is 153 g/mol. The van der Waals surface area contributed by atoms with E-state index in [1.807, 2.05) is 0 Å². The number of nitrogens with one attached hydrogen (secondary N) is 2. The van der Waals surface area contributed by atoms with Gasteiger partial charge in [-0.1, -0.05) is 0 Å². The molecule has 11 heavy (non-hydrogen) atoms. The molecule has 0 unspecified atom stereocenters. The molecule has 0 amide bonds. The summed E-state index contributed by atoms with van der Waals surface area (Å²) in [5, 5.41) is 7.11. The van der Waals surface area contributed by atoms with Crippen LogP contribution in [0.15, 0.2) is 17.2 Å². The van der Waals surface area contributed by atoms with Crippen LogP contribution in [-0.2, 0) is 4.74 Å². The van der Waals surface area contributed by atoms with Gasteiger partial charge in [0.1, 0.15) is 0 Å². The molecule has 1 rings (SSSR count). The molecule has 0 aliphatic carbocycles. The van der Waals surface area contributed by atoms with Gasteiger partial charge in [-0.15, -0.1) is 0 Å². The summed E-state index contributed by atoms with van der Waals surface area (Å²) in [5.74, 6) is -0.230. The Morgan fingerprint density at radius 1 is 1.82 bits per heavy atom. The van der Waals surface area contributed by atoms with Crippen molar-refractivity contribution in [2.24, 2.45) is 0 Å². The standard InChI is InChI=1S/C6H7N3O2/c1-11-5(7)4-6(10)9-3-2-8-4/h2-3,7H,1H3,(H,9,10). The molecule has 0 radical (unpaired) electrons. The molecule has 0 aliphatic rings. The van der Waals surface area contributed by atoms with Crippen molar-refractivity contribution in [3.8, 4) is 0 Å². The van der Waals surface area contributed by atoms with Crippen molar-refractivity contribution in [2.45, 2.75) is 0 Å². The van der Waals surface area contributed by atoms with Gasteiger partial charge in [0, 0.05) is 12.4 Å². The van der Waals surface area contributed by atoms with Crippen molar-refractivity contribution in [2.75, 3.05) is 7.11 Å².